The van der Waals surface area contributed by atoms with Gasteiger partial charge in [0.1, 0.15) is 5.82 Å². The molecule has 0 aliphatic heterocycles. The molecule has 1 aromatic carbocycles. The Bertz CT molecular complexity index is 317. The van der Waals surface area contributed by atoms with E-state index in [1.165, 1.54) is 11.6 Å². The van der Waals surface area contributed by atoms with Crippen LogP contribution in [-0.4, -0.2) is 12.6 Å². The maximum atomic E-state index is 13.1. The van der Waals surface area contributed by atoms with Crippen molar-refractivity contribution < 1.29 is 4.39 Å². The SMILES string of the molecule is CCCC(Cc1cc(F)ccc1C)NCC. The maximum absolute atomic E-state index is 13.1. The molecule has 16 heavy (non-hydrogen) atoms. The van der Waals surface area contributed by atoms with Gasteiger partial charge in [-0.2, -0.15) is 0 Å². The Kier molecular flexibility index (Phi) is 5.47. The Morgan fingerprint density at radius 3 is 2.69 bits per heavy atom. The van der Waals surface area contributed by atoms with Gasteiger partial charge < -0.3 is 5.32 Å². The number of halogens is 1. The van der Waals surface area contributed by atoms with E-state index in [1.807, 2.05) is 13.0 Å². The van der Waals surface area contributed by atoms with Gasteiger partial charge in [-0.05, 0) is 49.6 Å². The van der Waals surface area contributed by atoms with Gasteiger partial charge in [0, 0.05) is 6.04 Å². The molecule has 0 spiro atoms. The van der Waals surface area contributed by atoms with Crippen LogP contribution in [0.2, 0.25) is 0 Å². The smallest absolute Gasteiger partial charge is 0.123 e. The summed E-state index contributed by atoms with van der Waals surface area (Å²) in [5.74, 6) is -0.132. The number of hydrogen-bond acceptors (Lipinski definition) is 1. The zero-order valence-electron chi connectivity index (χ0n) is 10.5. The Balaban J connectivity index is 2.71. The Morgan fingerprint density at radius 1 is 1.31 bits per heavy atom. The topological polar surface area (TPSA) is 12.0 Å². The molecule has 0 aliphatic carbocycles. The summed E-state index contributed by atoms with van der Waals surface area (Å²) in [6, 6.07) is 5.52. The van der Waals surface area contributed by atoms with Gasteiger partial charge in [0.25, 0.3) is 0 Å². The quantitative estimate of drug-likeness (QED) is 0.779. The van der Waals surface area contributed by atoms with Crippen molar-refractivity contribution in [1.82, 2.24) is 5.32 Å². The molecule has 1 N–H and O–H groups in total. The van der Waals surface area contributed by atoms with Gasteiger partial charge in [0.15, 0.2) is 0 Å². The van der Waals surface area contributed by atoms with Gasteiger partial charge in [0.2, 0.25) is 0 Å². The second kappa shape index (κ2) is 6.64. The van der Waals surface area contributed by atoms with Crippen molar-refractivity contribution in [2.75, 3.05) is 6.54 Å². The van der Waals surface area contributed by atoms with Crippen molar-refractivity contribution in [3.63, 3.8) is 0 Å². The Hall–Kier alpha value is -0.890. The summed E-state index contributed by atoms with van der Waals surface area (Å²) in [7, 11) is 0. The molecule has 0 fully saturated rings. The first-order valence-electron chi connectivity index (χ1n) is 6.15. The van der Waals surface area contributed by atoms with Gasteiger partial charge >= 0.3 is 0 Å². The van der Waals surface area contributed by atoms with Crippen LogP contribution in [0.15, 0.2) is 18.2 Å². The van der Waals surface area contributed by atoms with Crippen molar-refractivity contribution in [2.45, 2.75) is 46.1 Å². The molecule has 0 bridgehead atoms. The molecule has 0 aromatic heterocycles. The van der Waals surface area contributed by atoms with Gasteiger partial charge in [-0.3, -0.25) is 0 Å². The van der Waals surface area contributed by atoms with E-state index in [1.54, 1.807) is 6.07 Å². The highest BCUT2D eigenvalue weighted by Gasteiger charge is 2.09. The third kappa shape index (κ3) is 3.93. The molecular weight excluding hydrogens is 201 g/mol. The average Bonchev–Trinajstić information content (AvgIpc) is 2.24. The van der Waals surface area contributed by atoms with E-state index in [0.717, 1.165) is 31.4 Å². The molecule has 90 valence electrons. The van der Waals surface area contributed by atoms with E-state index in [4.69, 9.17) is 0 Å². The number of benzene rings is 1. The molecule has 0 amide bonds. The van der Waals surface area contributed by atoms with Crippen LogP contribution < -0.4 is 5.32 Å². The van der Waals surface area contributed by atoms with Crippen LogP contribution in [0.1, 0.15) is 37.8 Å². The molecule has 0 radical (unpaired) electrons. The van der Waals surface area contributed by atoms with Gasteiger partial charge in [-0.25, -0.2) is 4.39 Å². The largest absolute Gasteiger partial charge is 0.314 e. The van der Waals surface area contributed by atoms with E-state index in [9.17, 15) is 4.39 Å². The Labute approximate surface area is 98.1 Å². The molecular formula is C14H22FN. The first-order chi connectivity index (χ1) is 7.67. The molecule has 1 unspecified atom stereocenters. The minimum absolute atomic E-state index is 0.132. The van der Waals surface area contributed by atoms with Crippen LogP contribution in [0.3, 0.4) is 0 Å². The summed E-state index contributed by atoms with van der Waals surface area (Å²) in [6.07, 6.45) is 3.22. The van der Waals surface area contributed by atoms with Crippen molar-refractivity contribution >= 4 is 0 Å². The number of likely N-dealkylation sites (N-methyl/N-ethyl adjacent to an activating group) is 1. The number of nitrogens with one attached hydrogen (secondary N) is 1. The Morgan fingerprint density at radius 2 is 2.06 bits per heavy atom. The minimum Gasteiger partial charge on any atom is -0.314 e. The van der Waals surface area contributed by atoms with E-state index in [-0.39, 0.29) is 5.82 Å². The van der Waals surface area contributed by atoms with Crippen LogP contribution in [0.5, 0.6) is 0 Å². The van der Waals surface area contributed by atoms with Crippen molar-refractivity contribution in [1.29, 1.82) is 0 Å². The number of hydrogen-bond donors (Lipinski definition) is 1. The van der Waals surface area contributed by atoms with Gasteiger partial charge in [-0.15, -0.1) is 0 Å². The first kappa shape index (κ1) is 13.2. The van der Waals surface area contributed by atoms with Crippen molar-refractivity contribution in [3.8, 4) is 0 Å². The number of aryl methyl sites for hydroxylation is 1. The van der Waals surface area contributed by atoms with Crippen molar-refractivity contribution in [3.05, 3.63) is 35.1 Å². The van der Waals surface area contributed by atoms with E-state index in [0.29, 0.717) is 6.04 Å². The summed E-state index contributed by atoms with van der Waals surface area (Å²) in [4.78, 5) is 0. The fraction of sp³-hybridized carbons (Fsp3) is 0.571. The van der Waals surface area contributed by atoms with Gasteiger partial charge in [-0.1, -0.05) is 26.3 Å². The van der Waals surface area contributed by atoms with Crippen LogP contribution in [-0.2, 0) is 6.42 Å². The molecule has 0 aliphatic rings. The predicted octanol–water partition coefficient (Wildman–Crippen LogP) is 3.45. The summed E-state index contributed by atoms with van der Waals surface area (Å²) in [5, 5.41) is 3.46. The van der Waals surface area contributed by atoms with Crippen LogP contribution in [0.4, 0.5) is 4.39 Å². The van der Waals surface area contributed by atoms with E-state index >= 15 is 0 Å². The summed E-state index contributed by atoms with van der Waals surface area (Å²) >= 11 is 0. The molecule has 0 saturated carbocycles. The maximum Gasteiger partial charge on any atom is 0.123 e. The molecule has 1 nitrogen and oxygen atoms in total. The number of rotatable bonds is 6. The molecule has 2 heteroatoms. The van der Waals surface area contributed by atoms with Crippen LogP contribution >= 0.6 is 0 Å². The first-order valence-corrected chi connectivity index (χ1v) is 6.15. The lowest BCUT2D eigenvalue weighted by Gasteiger charge is -2.18. The lowest BCUT2D eigenvalue weighted by Crippen LogP contribution is -2.31. The zero-order valence-corrected chi connectivity index (χ0v) is 10.5. The van der Waals surface area contributed by atoms with Gasteiger partial charge in [0.05, 0.1) is 0 Å². The van der Waals surface area contributed by atoms with Crippen molar-refractivity contribution in [2.24, 2.45) is 0 Å². The second-order valence-corrected chi connectivity index (χ2v) is 4.32. The van der Waals surface area contributed by atoms with E-state index in [2.05, 4.69) is 19.2 Å². The third-order valence-corrected chi connectivity index (χ3v) is 2.91. The minimum atomic E-state index is -0.132. The summed E-state index contributed by atoms with van der Waals surface area (Å²) < 4.78 is 13.1. The molecule has 0 saturated heterocycles. The molecule has 1 rings (SSSR count). The zero-order chi connectivity index (χ0) is 12.0. The average molecular weight is 223 g/mol. The lowest BCUT2D eigenvalue weighted by molar-refractivity contribution is 0.484. The predicted molar refractivity (Wildman–Crippen MR) is 67.2 cm³/mol. The standard InChI is InChI=1S/C14H22FN/c1-4-6-14(16-5-2)10-12-9-13(15)8-7-11(12)3/h7-9,14,16H,4-6,10H2,1-3H3. The van der Waals surface area contributed by atoms with Crippen LogP contribution in [0.25, 0.3) is 0 Å². The third-order valence-electron chi connectivity index (χ3n) is 2.91. The highest BCUT2D eigenvalue weighted by Crippen LogP contribution is 2.14. The lowest BCUT2D eigenvalue weighted by atomic mass is 9.98. The normalized spacial score (nSPS) is 12.8. The van der Waals surface area contributed by atoms with Crippen LogP contribution in [0, 0.1) is 12.7 Å². The monoisotopic (exact) mass is 223 g/mol. The summed E-state index contributed by atoms with van der Waals surface area (Å²) in [6.45, 7) is 7.31. The summed E-state index contributed by atoms with van der Waals surface area (Å²) in [5.41, 5.74) is 2.31. The fourth-order valence-electron chi connectivity index (χ4n) is 2.04. The molecule has 1 aromatic rings. The molecule has 1 atom stereocenters. The molecule has 0 heterocycles. The van der Waals surface area contributed by atoms with E-state index < -0.39 is 0 Å². The highest BCUT2D eigenvalue weighted by molar-refractivity contribution is 5.27. The highest BCUT2D eigenvalue weighted by atomic mass is 19.1. The second-order valence-electron chi connectivity index (χ2n) is 4.32. The fourth-order valence-corrected chi connectivity index (χ4v) is 2.04.